The minimum Gasteiger partial charge on any atom is -0.463 e. The van der Waals surface area contributed by atoms with Crippen LogP contribution in [0.2, 0.25) is 0 Å². The van der Waals surface area contributed by atoms with Gasteiger partial charge in [0.05, 0.1) is 6.10 Å². The predicted molar refractivity (Wildman–Crippen MR) is 72.9 cm³/mol. The fourth-order valence-electron chi connectivity index (χ4n) is 1.60. The Morgan fingerprint density at radius 1 is 1.18 bits per heavy atom. The van der Waals surface area contributed by atoms with Gasteiger partial charge in [0.2, 0.25) is 0 Å². The van der Waals surface area contributed by atoms with Gasteiger partial charge in [-0.15, -0.1) is 0 Å². The van der Waals surface area contributed by atoms with E-state index in [1.807, 2.05) is 6.92 Å². The van der Waals surface area contributed by atoms with Crippen LogP contribution >= 0.6 is 0 Å². The second kappa shape index (κ2) is 11.4. The molecule has 0 radical (unpaired) electrons. The third kappa shape index (κ3) is 12.9. The molecule has 98 valence electrons. The van der Waals surface area contributed by atoms with Crippen molar-refractivity contribution < 1.29 is 9.53 Å². The van der Waals surface area contributed by atoms with Crippen molar-refractivity contribution in [2.24, 2.45) is 0 Å². The Hall–Kier alpha value is -1.05. The molecule has 0 spiro atoms. The Bertz CT molecular complexity index is 241. The van der Waals surface area contributed by atoms with Gasteiger partial charge in [-0.1, -0.05) is 37.6 Å². The van der Waals surface area contributed by atoms with Crippen molar-refractivity contribution in [3.8, 4) is 0 Å². The van der Waals surface area contributed by atoms with E-state index in [2.05, 4.69) is 31.2 Å². The Labute approximate surface area is 106 Å². The maximum atomic E-state index is 10.7. The normalized spacial score (nSPS) is 13.4. The molecule has 0 bridgehead atoms. The van der Waals surface area contributed by atoms with E-state index < -0.39 is 0 Å². The second-order valence-electron chi connectivity index (χ2n) is 4.32. The summed E-state index contributed by atoms with van der Waals surface area (Å²) in [6.45, 7) is 5.55. The minimum atomic E-state index is -0.178. The van der Waals surface area contributed by atoms with Gasteiger partial charge in [-0.05, 0) is 39.0 Å². The highest BCUT2D eigenvalue weighted by Crippen LogP contribution is 2.08. The number of esters is 1. The molecule has 0 heterocycles. The topological polar surface area (TPSA) is 26.3 Å². The summed E-state index contributed by atoms with van der Waals surface area (Å²) in [5.41, 5.74) is 0. The first-order chi connectivity index (χ1) is 8.16. The summed E-state index contributed by atoms with van der Waals surface area (Å²) < 4.78 is 5.06. The molecule has 2 heteroatoms. The monoisotopic (exact) mass is 238 g/mol. The molecule has 0 aromatic carbocycles. The zero-order valence-electron chi connectivity index (χ0n) is 11.4. The Morgan fingerprint density at radius 2 is 1.88 bits per heavy atom. The fourth-order valence-corrected chi connectivity index (χ4v) is 1.60. The van der Waals surface area contributed by atoms with Crippen LogP contribution in [0.1, 0.15) is 59.3 Å². The lowest BCUT2D eigenvalue weighted by Crippen LogP contribution is -2.11. The lowest BCUT2D eigenvalue weighted by Gasteiger charge is -2.10. The number of unbranched alkanes of at least 4 members (excludes halogenated alkanes) is 3. The quantitative estimate of drug-likeness (QED) is 0.338. The Balaban J connectivity index is 3.31. The van der Waals surface area contributed by atoms with E-state index in [0.717, 1.165) is 25.7 Å². The molecule has 1 atom stereocenters. The van der Waals surface area contributed by atoms with E-state index in [-0.39, 0.29) is 12.1 Å². The molecule has 0 saturated heterocycles. The Kier molecular flexibility index (Phi) is 10.7. The highest BCUT2D eigenvalue weighted by atomic mass is 16.5. The second-order valence-corrected chi connectivity index (χ2v) is 4.32. The van der Waals surface area contributed by atoms with E-state index in [1.54, 1.807) is 0 Å². The molecule has 0 saturated carbocycles. The van der Waals surface area contributed by atoms with Crippen molar-refractivity contribution in [2.75, 3.05) is 0 Å². The molecular weight excluding hydrogens is 212 g/mol. The molecule has 0 fully saturated rings. The molecule has 0 aliphatic heterocycles. The van der Waals surface area contributed by atoms with Crippen LogP contribution in [0.5, 0.6) is 0 Å². The zero-order chi connectivity index (χ0) is 12.9. The van der Waals surface area contributed by atoms with Crippen LogP contribution in [-0.4, -0.2) is 12.1 Å². The molecule has 0 aliphatic rings. The van der Waals surface area contributed by atoms with E-state index in [0.29, 0.717) is 0 Å². The number of carbonyl (C=O) groups is 1. The summed E-state index contributed by atoms with van der Waals surface area (Å²) in [6.07, 6.45) is 15.4. The van der Waals surface area contributed by atoms with Gasteiger partial charge in [-0.2, -0.15) is 0 Å². The summed E-state index contributed by atoms with van der Waals surface area (Å²) in [6, 6.07) is 0. The molecule has 0 aromatic heterocycles. The number of rotatable bonds is 9. The minimum absolute atomic E-state index is 0.0653. The maximum Gasteiger partial charge on any atom is 0.302 e. The number of hydrogen-bond donors (Lipinski definition) is 0. The number of allylic oxidation sites excluding steroid dienone is 4. The van der Waals surface area contributed by atoms with Crippen LogP contribution in [0.4, 0.5) is 0 Å². The lowest BCUT2D eigenvalue weighted by atomic mass is 10.1. The van der Waals surface area contributed by atoms with E-state index in [1.165, 1.54) is 19.8 Å². The van der Waals surface area contributed by atoms with Crippen molar-refractivity contribution in [3.05, 3.63) is 24.3 Å². The van der Waals surface area contributed by atoms with Crippen LogP contribution in [0.25, 0.3) is 0 Å². The number of ether oxygens (including phenoxy) is 1. The largest absolute Gasteiger partial charge is 0.463 e. The van der Waals surface area contributed by atoms with Crippen molar-refractivity contribution in [1.29, 1.82) is 0 Å². The summed E-state index contributed by atoms with van der Waals surface area (Å²) >= 11 is 0. The highest BCUT2D eigenvalue weighted by molar-refractivity contribution is 5.66. The van der Waals surface area contributed by atoms with Crippen LogP contribution in [-0.2, 0) is 9.53 Å². The molecule has 0 N–H and O–H groups in total. The molecule has 17 heavy (non-hydrogen) atoms. The van der Waals surface area contributed by atoms with Crippen LogP contribution in [0.15, 0.2) is 24.3 Å². The van der Waals surface area contributed by atoms with E-state index >= 15 is 0 Å². The van der Waals surface area contributed by atoms with E-state index in [9.17, 15) is 4.79 Å². The van der Waals surface area contributed by atoms with E-state index in [4.69, 9.17) is 4.74 Å². The zero-order valence-corrected chi connectivity index (χ0v) is 11.4. The van der Waals surface area contributed by atoms with Crippen molar-refractivity contribution in [1.82, 2.24) is 0 Å². The van der Waals surface area contributed by atoms with Crippen LogP contribution in [0.3, 0.4) is 0 Å². The summed E-state index contributed by atoms with van der Waals surface area (Å²) in [7, 11) is 0. The molecular formula is C15H26O2. The van der Waals surface area contributed by atoms with Crippen molar-refractivity contribution in [3.63, 3.8) is 0 Å². The highest BCUT2D eigenvalue weighted by Gasteiger charge is 2.03. The van der Waals surface area contributed by atoms with Crippen molar-refractivity contribution in [2.45, 2.75) is 65.4 Å². The number of hydrogen-bond acceptors (Lipinski definition) is 2. The Morgan fingerprint density at radius 3 is 2.53 bits per heavy atom. The van der Waals surface area contributed by atoms with Crippen LogP contribution < -0.4 is 0 Å². The molecule has 0 aliphatic carbocycles. The summed E-state index contributed by atoms with van der Waals surface area (Å²) in [4.78, 5) is 10.7. The first-order valence-corrected chi connectivity index (χ1v) is 6.65. The number of carbonyl (C=O) groups excluding carboxylic acids is 1. The smallest absolute Gasteiger partial charge is 0.302 e. The van der Waals surface area contributed by atoms with Gasteiger partial charge in [-0.25, -0.2) is 0 Å². The van der Waals surface area contributed by atoms with Gasteiger partial charge in [0.25, 0.3) is 0 Å². The average molecular weight is 238 g/mol. The van der Waals surface area contributed by atoms with Gasteiger partial charge in [-0.3, -0.25) is 4.79 Å². The molecule has 0 amide bonds. The third-order valence-electron chi connectivity index (χ3n) is 2.47. The van der Waals surface area contributed by atoms with Crippen LogP contribution in [0, 0.1) is 0 Å². The first kappa shape index (κ1) is 16.0. The third-order valence-corrected chi connectivity index (χ3v) is 2.47. The standard InChI is InChI=1S/C15H26O2/c1-4-5-6-7-8-9-10-11-12-13-14(2)17-15(3)16/h5-8,14H,4,9-13H2,1-3H3/b6-5+,8-7+. The molecule has 1 unspecified atom stereocenters. The summed E-state index contributed by atoms with van der Waals surface area (Å²) in [5, 5.41) is 0. The average Bonchev–Trinajstić information content (AvgIpc) is 2.26. The molecule has 2 nitrogen and oxygen atoms in total. The van der Waals surface area contributed by atoms with Gasteiger partial charge >= 0.3 is 5.97 Å². The van der Waals surface area contributed by atoms with Crippen molar-refractivity contribution >= 4 is 5.97 Å². The fraction of sp³-hybridized carbons (Fsp3) is 0.667. The van der Waals surface area contributed by atoms with Gasteiger partial charge < -0.3 is 4.74 Å². The predicted octanol–water partition coefficient (Wildman–Crippen LogP) is 4.41. The first-order valence-electron chi connectivity index (χ1n) is 6.65. The molecule has 0 rings (SSSR count). The summed E-state index contributed by atoms with van der Waals surface area (Å²) in [5.74, 6) is -0.178. The molecule has 0 aromatic rings. The van der Waals surface area contributed by atoms with Gasteiger partial charge in [0, 0.05) is 6.92 Å². The maximum absolute atomic E-state index is 10.7. The lowest BCUT2D eigenvalue weighted by molar-refractivity contribution is -0.145. The SMILES string of the molecule is CC/C=C/C=C/CCCCCC(C)OC(C)=O. The van der Waals surface area contributed by atoms with Gasteiger partial charge in [0.15, 0.2) is 0 Å². The van der Waals surface area contributed by atoms with Gasteiger partial charge in [0.1, 0.15) is 0 Å².